The molecular formula is C21H23BrN2O5S. The van der Waals surface area contributed by atoms with Crippen molar-refractivity contribution in [1.82, 2.24) is 4.31 Å². The van der Waals surface area contributed by atoms with Crippen LogP contribution >= 0.6 is 15.9 Å². The number of nitrogens with one attached hydrogen (secondary N) is 1. The zero-order chi connectivity index (χ0) is 21.9. The van der Waals surface area contributed by atoms with E-state index in [1.807, 2.05) is 6.92 Å². The van der Waals surface area contributed by atoms with E-state index in [1.165, 1.54) is 36.4 Å². The summed E-state index contributed by atoms with van der Waals surface area (Å²) in [6.07, 6.45) is 3.49. The molecule has 0 aliphatic carbocycles. The minimum absolute atomic E-state index is 0.00132. The van der Waals surface area contributed by atoms with Crippen LogP contribution in [0.15, 0.2) is 51.8 Å². The number of carboxylic acids is 1. The van der Waals surface area contributed by atoms with Crippen LogP contribution in [0.4, 0.5) is 5.69 Å². The van der Waals surface area contributed by atoms with Crippen LogP contribution in [-0.4, -0.2) is 42.3 Å². The van der Waals surface area contributed by atoms with E-state index in [9.17, 15) is 23.1 Å². The van der Waals surface area contributed by atoms with Gasteiger partial charge in [0.05, 0.1) is 16.1 Å². The van der Waals surface area contributed by atoms with Gasteiger partial charge >= 0.3 is 5.97 Å². The summed E-state index contributed by atoms with van der Waals surface area (Å²) in [7, 11) is -3.63. The number of halogens is 1. The van der Waals surface area contributed by atoms with E-state index in [0.717, 1.165) is 25.7 Å². The average molecular weight is 495 g/mol. The highest BCUT2D eigenvalue weighted by Crippen LogP contribution is 2.27. The first-order valence-corrected chi connectivity index (χ1v) is 11.9. The molecule has 1 heterocycles. The van der Waals surface area contributed by atoms with Gasteiger partial charge in [-0.25, -0.2) is 13.2 Å². The van der Waals surface area contributed by atoms with Gasteiger partial charge in [-0.1, -0.05) is 29.3 Å². The van der Waals surface area contributed by atoms with E-state index >= 15 is 0 Å². The molecule has 1 fully saturated rings. The van der Waals surface area contributed by atoms with Crippen LogP contribution in [0, 0.1) is 0 Å². The third-order valence-corrected chi connectivity index (χ3v) is 7.69. The van der Waals surface area contributed by atoms with Crippen molar-refractivity contribution in [1.29, 1.82) is 0 Å². The highest BCUT2D eigenvalue weighted by molar-refractivity contribution is 9.10. The first-order valence-electron chi connectivity index (χ1n) is 9.70. The fourth-order valence-corrected chi connectivity index (χ4v) is 5.74. The number of benzene rings is 2. The summed E-state index contributed by atoms with van der Waals surface area (Å²) in [6.45, 7) is 2.49. The Morgan fingerprint density at radius 2 is 1.87 bits per heavy atom. The Morgan fingerprint density at radius 1 is 1.17 bits per heavy atom. The minimum atomic E-state index is -3.63. The molecule has 0 bridgehead atoms. The molecule has 9 heteroatoms. The maximum absolute atomic E-state index is 13.0. The molecule has 0 aromatic heterocycles. The second kappa shape index (κ2) is 9.28. The highest BCUT2D eigenvalue weighted by atomic mass is 79.9. The molecule has 1 unspecified atom stereocenters. The van der Waals surface area contributed by atoms with E-state index in [0.29, 0.717) is 11.0 Å². The van der Waals surface area contributed by atoms with Gasteiger partial charge in [-0.15, -0.1) is 0 Å². The first-order chi connectivity index (χ1) is 14.2. The van der Waals surface area contributed by atoms with Crippen LogP contribution < -0.4 is 5.32 Å². The molecule has 2 aromatic rings. The van der Waals surface area contributed by atoms with Crippen LogP contribution in [0.1, 0.15) is 53.3 Å². The Morgan fingerprint density at radius 3 is 2.50 bits per heavy atom. The molecule has 1 atom stereocenters. The van der Waals surface area contributed by atoms with Gasteiger partial charge < -0.3 is 10.4 Å². The van der Waals surface area contributed by atoms with Crippen LogP contribution in [0.25, 0.3) is 0 Å². The molecule has 2 aromatic carbocycles. The van der Waals surface area contributed by atoms with Gasteiger partial charge in [-0.05, 0) is 61.7 Å². The van der Waals surface area contributed by atoms with Crippen LogP contribution in [0.5, 0.6) is 0 Å². The average Bonchev–Trinajstić information content (AvgIpc) is 2.74. The number of nitrogens with zero attached hydrogens (tertiary/aromatic N) is 1. The Labute approximate surface area is 184 Å². The summed E-state index contributed by atoms with van der Waals surface area (Å²) in [4.78, 5) is 24.1. The lowest BCUT2D eigenvalue weighted by Crippen LogP contribution is -2.43. The molecule has 3 rings (SSSR count). The highest BCUT2D eigenvalue weighted by Gasteiger charge is 2.32. The Bertz CT molecular complexity index is 1050. The summed E-state index contributed by atoms with van der Waals surface area (Å²) < 4.78 is 28.2. The number of aromatic carboxylic acids is 1. The Hall–Kier alpha value is -2.23. The van der Waals surface area contributed by atoms with Crippen molar-refractivity contribution >= 4 is 43.5 Å². The predicted octanol–water partition coefficient (Wildman–Crippen LogP) is 4.35. The maximum Gasteiger partial charge on any atom is 0.337 e. The lowest BCUT2D eigenvalue weighted by Gasteiger charge is -2.34. The van der Waals surface area contributed by atoms with Crippen molar-refractivity contribution in [3.8, 4) is 0 Å². The van der Waals surface area contributed by atoms with Crippen molar-refractivity contribution in [2.45, 2.75) is 43.5 Å². The molecule has 2 N–H and O–H groups in total. The van der Waals surface area contributed by atoms with E-state index in [1.54, 1.807) is 10.4 Å². The van der Waals surface area contributed by atoms with Gasteiger partial charge in [0.1, 0.15) is 0 Å². The van der Waals surface area contributed by atoms with Crippen molar-refractivity contribution in [2.75, 3.05) is 11.9 Å². The SMILES string of the molecule is CCC1CCCCN1S(=O)(=O)c1ccc(C(=O)Nc2ccc(Br)cc2C(=O)O)cc1. The van der Waals surface area contributed by atoms with Crippen molar-refractivity contribution in [3.05, 3.63) is 58.1 Å². The van der Waals surface area contributed by atoms with E-state index < -0.39 is 21.9 Å². The van der Waals surface area contributed by atoms with Crippen molar-refractivity contribution < 1.29 is 23.1 Å². The molecule has 7 nitrogen and oxygen atoms in total. The van der Waals surface area contributed by atoms with Gasteiger partial charge in [0.25, 0.3) is 5.91 Å². The number of amides is 1. The number of carbonyl (C=O) groups is 2. The van der Waals surface area contributed by atoms with E-state index in [-0.39, 0.29) is 27.8 Å². The Kier molecular flexibility index (Phi) is 6.95. The summed E-state index contributed by atoms with van der Waals surface area (Å²) in [6, 6.07) is 10.2. The number of hydrogen-bond donors (Lipinski definition) is 2. The maximum atomic E-state index is 13.0. The lowest BCUT2D eigenvalue weighted by atomic mass is 10.0. The topological polar surface area (TPSA) is 104 Å². The summed E-state index contributed by atoms with van der Waals surface area (Å²) >= 11 is 3.21. The van der Waals surface area contributed by atoms with Crippen LogP contribution in [0.3, 0.4) is 0 Å². The quantitative estimate of drug-likeness (QED) is 0.620. The largest absolute Gasteiger partial charge is 0.478 e. The third-order valence-electron chi connectivity index (χ3n) is 5.23. The standard InChI is InChI=1S/C21H23BrN2O5S/c1-2-16-5-3-4-12-24(16)30(28,29)17-9-6-14(7-10-17)20(25)23-19-11-8-15(22)13-18(19)21(26)27/h6-11,13,16H,2-5,12H2,1H3,(H,23,25)(H,26,27). The summed E-state index contributed by atoms with van der Waals surface area (Å²) in [5.41, 5.74) is 0.345. The second-order valence-electron chi connectivity index (χ2n) is 7.15. The first kappa shape index (κ1) is 22.5. The smallest absolute Gasteiger partial charge is 0.337 e. The predicted molar refractivity (Wildman–Crippen MR) is 117 cm³/mol. The molecule has 30 heavy (non-hydrogen) atoms. The monoisotopic (exact) mass is 494 g/mol. The van der Waals surface area contributed by atoms with Gasteiger partial charge in [-0.2, -0.15) is 4.31 Å². The van der Waals surface area contributed by atoms with Crippen LogP contribution in [-0.2, 0) is 10.0 Å². The zero-order valence-corrected chi connectivity index (χ0v) is 18.9. The molecule has 0 radical (unpaired) electrons. The summed E-state index contributed by atoms with van der Waals surface area (Å²) in [5, 5.41) is 11.9. The normalized spacial score (nSPS) is 17.5. The van der Waals surface area contributed by atoms with Crippen molar-refractivity contribution in [2.24, 2.45) is 0 Å². The zero-order valence-electron chi connectivity index (χ0n) is 16.5. The minimum Gasteiger partial charge on any atom is -0.478 e. The van der Waals surface area contributed by atoms with Gasteiger partial charge in [-0.3, -0.25) is 4.79 Å². The van der Waals surface area contributed by atoms with Crippen LogP contribution in [0.2, 0.25) is 0 Å². The fraction of sp³-hybridized carbons (Fsp3) is 0.333. The number of anilines is 1. The number of sulfonamides is 1. The van der Waals surface area contributed by atoms with E-state index in [2.05, 4.69) is 21.2 Å². The fourth-order valence-electron chi connectivity index (χ4n) is 3.61. The molecule has 1 saturated heterocycles. The second-order valence-corrected chi connectivity index (χ2v) is 9.95. The third kappa shape index (κ3) is 4.74. The van der Waals surface area contributed by atoms with Gasteiger partial charge in [0.15, 0.2) is 0 Å². The number of carboxylic acid groups (broad SMARTS) is 1. The lowest BCUT2D eigenvalue weighted by molar-refractivity contribution is 0.0698. The van der Waals surface area contributed by atoms with Crippen molar-refractivity contribution in [3.63, 3.8) is 0 Å². The number of carbonyl (C=O) groups excluding carboxylic acids is 1. The molecular weight excluding hydrogens is 472 g/mol. The van der Waals surface area contributed by atoms with Gasteiger partial charge in [0, 0.05) is 22.6 Å². The molecule has 0 spiro atoms. The number of rotatable bonds is 6. The molecule has 1 aliphatic heterocycles. The number of hydrogen-bond acceptors (Lipinski definition) is 4. The molecule has 1 amide bonds. The van der Waals surface area contributed by atoms with Gasteiger partial charge in [0.2, 0.25) is 10.0 Å². The molecule has 1 aliphatic rings. The molecule has 160 valence electrons. The Balaban J connectivity index is 1.80. The van der Waals surface area contributed by atoms with E-state index in [4.69, 9.17) is 0 Å². The summed E-state index contributed by atoms with van der Waals surface area (Å²) in [5.74, 6) is -1.69. The number of piperidine rings is 1. The molecule has 0 saturated carbocycles.